The fourth-order valence-electron chi connectivity index (χ4n) is 3.18. The second-order valence-electron chi connectivity index (χ2n) is 6.54. The first kappa shape index (κ1) is 17.9. The number of carbonyl (C=O) groups excluding carboxylic acids is 1. The normalized spacial score (nSPS) is 16.6. The fraction of sp³-hybridized carbons (Fsp3) is 0.444. The molecular formula is C18H23BrN4O2. The first-order chi connectivity index (χ1) is 12.0. The topological polar surface area (TPSA) is 68.2 Å². The zero-order chi connectivity index (χ0) is 17.9. The van der Waals surface area contributed by atoms with Crippen molar-refractivity contribution in [1.29, 1.82) is 0 Å². The lowest BCUT2D eigenvalue weighted by molar-refractivity contribution is 0.0417. The van der Waals surface area contributed by atoms with Gasteiger partial charge in [0.15, 0.2) is 0 Å². The van der Waals surface area contributed by atoms with Gasteiger partial charge in [-0.1, -0.05) is 28.1 Å². The average molecular weight is 407 g/mol. The molecule has 1 fully saturated rings. The molecule has 0 spiro atoms. The Hall–Kier alpha value is -1.86. The van der Waals surface area contributed by atoms with E-state index in [0.29, 0.717) is 19.0 Å². The lowest BCUT2D eigenvalue weighted by Gasteiger charge is -2.38. The second kappa shape index (κ2) is 7.58. The number of hydrogen-bond acceptors (Lipinski definition) is 3. The number of rotatable bonds is 4. The molecule has 0 bridgehead atoms. The lowest BCUT2D eigenvalue weighted by atomic mass is 9.83. The number of halogens is 1. The summed E-state index contributed by atoms with van der Waals surface area (Å²) >= 11 is 3.52. The van der Waals surface area contributed by atoms with Crippen molar-refractivity contribution in [1.82, 2.24) is 15.1 Å². The van der Waals surface area contributed by atoms with Crippen molar-refractivity contribution in [3.05, 3.63) is 46.6 Å². The van der Waals surface area contributed by atoms with Crippen molar-refractivity contribution in [2.24, 2.45) is 0 Å². The van der Waals surface area contributed by atoms with Crippen molar-refractivity contribution in [2.45, 2.75) is 38.3 Å². The minimum atomic E-state index is -0.436. The minimum absolute atomic E-state index is 0.174. The number of carbonyl (C=O) groups is 1. The van der Waals surface area contributed by atoms with Crippen LogP contribution in [0.5, 0.6) is 0 Å². The molecule has 134 valence electrons. The van der Waals surface area contributed by atoms with Gasteiger partial charge in [-0.3, -0.25) is 5.32 Å². The number of nitrogens with one attached hydrogen (secondary N) is 2. The highest BCUT2D eigenvalue weighted by atomic mass is 79.9. The Morgan fingerprint density at radius 2 is 2.08 bits per heavy atom. The maximum atomic E-state index is 12.7. The van der Waals surface area contributed by atoms with Crippen molar-refractivity contribution < 1.29 is 9.53 Å². The van der Waals surface area contributed by atoms with Crippen LogP contribution < -0.4 is 10.6 Å². The molecule has 0 radical (unpaired) electrons. The van der Waals surface area contributed by atoms with Crippen LogP contribution in [0.1, 0.15) is 38.3 Å². The molecule has 2 aromatic rings. The molecule has 2 amide bonds. The summed E-state index contributed by atoms with van der Waals surface area (Å²) in [5.74, 6) is 0.684. The summed E-state index contributed by atoms with van der Waals surface area (Å²) in [5, 5.41) is 10.4. The van der Waals surface area contributed by atoms with Gasteiger partial charge in [0, 0.05) is 29.8 Å². The van der Waals surface area contributed by atoms with Crippen LogP contribution in [0.2, 0.25) is 0 Å². The molecule has 2 N–H and O–H groups in total. The van der Waals surface area contributed by atoms with Crippen LogP contribution in [0, 0.1) is 0 Å². The van der Waals surface area contributed by atoms with Gasteiger partial charge in [0.1, 0.15) is 5.82 Å². The van der Waals surface area contributed by atoms with Crippen LogP contribution >= 0.6 is 15.9 Å². The van der Waals surface area contributed by atoms with Crippen LogP contribution in [0.4, 0.5) is 10.6 Å². The molecule has 7 heteroatoms. The van der Waals surface area contributed by atoms with Crippen molar-refractivity contribution in [3.63, 3.8) is 0 Å². The highest BCUT2D eigenvalue weighted by Crippen LogP contribution is 2.33. The summed E-state index contributed by atoms with van der Waals surface area (Å²) in [7, 11) is 0. The van der Waals surface area contributed by atoms with E-state index in [1.165, 1.54) is 0 Å². The Morgan fingerprint density at radius 1 is 1.32 bits per heavy atom. The number of urea groups is 1. The van der Waals surface area contributed by atoms with E-state index in [1.807, 2.05) is 26.0 Å². The number of benzene rings is 1. The maximum Gasteiger partial charge on any atom is 0.321 e. The van der Waals surface area contributed by atoms with Gasteiger partial charge in [-0.25, -0.2) is 9.48 Å². The van der Waals surface area contributed by atoms with Crippen LogP contribution in [0.15, 0.2) is 41.0 Å². The van der Waals surface area contributed by atoms with Gasteiger partial charge < -0.3 is 10.1 Å². The summed E-state index contributed by atoms with van der Waals surface area (Å²) < 4.78 is 8.30. The second-order valence-corrected chi connectivity index (χ2v) is 7.45. The Kier molecular flexibility index (Phi) is 5.44. The number of hydrogen-bond donors (Lipinski definition) is 2. The summed E-state index contributed by atoms with van der Waals surface area (Å²) in [6.45, 7) is 5.29. The van der Waals surface area contributed by atoms with Gasteiger partial charge >= 0.3 is 6.03 Å². The molecule has 0 aliphatic carbocycles. The third-order valence-corrected chi connectivity index (χ3v) is 4.97. The molecule has 0 saturated carbocycles. The molecule has 25 heavy (non-hydrogen) atoms. The Labute approximate surface area is 156 Å². The van der Waals surface area contributed by atoms with E-state index in [0.717, 1.165) is 22.9 Å². The van der Waals surface area contributed by atoms with Crippen molar-refractivity contribution in [3.8, 4) is 0 Å². The molecule has 0 unspecified atom stereocenters. The predicted molar refractivity (Wildman–Crippen MR) is 101 cm³/mol. The number of aromatic nitrogens is 2. The van der Waals surface area contributed by atoms with Gasteiger partial charge in [0.05, 0.1) is 11.7 Å². The zero-order valence-corrected chi connectivity index (χ0v) is 16.0. The van der Waals surface area contributed by atoms with E-state index in [9.17, 15) is 4.79 Å². The van der Waals surface area contributed by atoms with Crippen molar-refractivity contribution in [2.75, 3.05) is 18.5 Å². The zero-order valence-electron chi connectivity index (χ0n) is 14.5. The fourth-order valence-corrected chi connectivity index (χ4v) is 3.58. The van der Waals surface area contributed by atoms with E-state index < -0.39 is 5.54 Å². The van der Waals surface area contributed by atoms with Crippen LogP contribution in [-0.2, 0) is 10.3 Å². The number of amides is 2. The Balaban J connectivity index is 1.81. The van der Waals surface area contributed by atoms with Gasteiger partial charge in [-0.2, -0.15) is 5.10 Å². The van der Waals surface area contributed by atoms with E-state index in [2.05, 4.69) is 43.8 Å². The number of ether oxygens (including phenoxy) is 1. The number of anilines is 1. The monoisotopic (exact) mass is 406 g/mol. The highest BCUT2D eigenvalue weighted by Gasteiger charge is 2.36. The summed E-state index contributed by atoms with van der Waals surface area (Å²) in [5.41, 5.74) is 0.645. The van der Waals surface area contributed by atoms with E-state index in [1.54, 1.807) is 16.9 Å². The molecule has 3 rings (SSSR count). The molecule has 1 saturated heterocycles. The minimum Gasteiger partial charge on any atom is -0.381 e. The SMILES string of the molecule is CC(C)n1nccc1NC(=O)NC1(c2cccc(Br)c2)CCOCC1. The molecule has 1 aliphatic heterocycles. The number of nitrogens with zero attached hydrogens (tertiary/aromatic N) is 2. The van der Waals surface area contributed by atoms with Crippen LogP contribution in [-0.4, -0.2) is 29.0 Å². The highest BCUT2D eigenvalue weighted by molar-refractivity contribution is 9.10. The first-order valence-corrected chi connectivity index (χ1v) is 9.26. The van der Waals surface area contributed by atoms with Gasteiger partial charge in [0.25, 0.3) is 0 Å². The Bertz CT molecular complexity index is 738. The van der Waals surface area contributed by atoms with Gasteiger partial charge in [-0.05, 0) is 44.4 Å². The predicted octanol–water partition coefficient (Wildman–Crippen LogP) is 4.05. The third-order valence-electron chi connectivity index (χ3n) is 4.48. The summed E-state index contributed by atoms with van der Waals surface area (Å²) in [6, 6.07) is 9.83. The van der Waals surface area contributed by atoms with Crippen LogP contribution in [0.3, 0.4) is 0 Å². The standard InChI is InChI=1S/C18H23BrN4O2/c1-13(2)23-16(6-9-20-23)21-17(24)22-18(7-10-25-11-8-18)14-4-3-5-15(19)12-14/h3-6,9,12-13H,7-8,10-11H2,1-2H3,(H2,21,22,24). The third kappa shape index (κ3) is 4.04. The van der Waals surface area contributed by atoms with E-state index in [4.69, 9.17) is 4.74 Å². The molecule has 6 nitrogen and oxygen atoms in total. The van der Waals surface area contributed by atoms with Crippen molar-refractivity contribution >= 4 is 27.8 Å². The Morgan fingerprint density at radius 3 is 2.76 bits per heavy atom. The largest absolute Gasteiger partial charge is 0.381 e. The first-order valence-electron chi connectivity index (χ1n) is 8.47. The van der Waals surface area contributed by atoms with Gasteiger partial charge in [-0.15, -0.1) is 0 Å². The molecule has 0 atom stereocenters. The molecule has 1 aromatic carbocycles. The molecule has 2 heterocycles. The van der Waals surface area contributed by atoms with Crippen LogP contribution in [0.25, 0.3) is 0 Å². The summed E-state index contributed by atoms with van der Waals surface area (Å²) in [6.07, 6.45) is 3.16. The maximum absolute atomic E-state index is 12.7. The molecular weight excluding hydrogens is 384 g/mol. The summed E-state index contributed by atoms with van der Waals surface area (Å²) in [4.78, 5) is 12.7. The molecule has 1 aromatic heterocycles. The van der Waals surface area contributed by atoms with E-state index in [-0.39, 0.29) is 12.1 Å². The lowest BCUT2D eigenvalue weighted by Crippen LogP contribution is -2.51. The smallest absolute Gasteiger partial charge is 0.321 e. The quantitative estimate of drug-likeness (QED) is 0.804. The van der Waals surface area contributed by atoms with E-state index >= 15 is 0 Å². The average Bonchev–Trinajstić information content (AvgIpc) is 3.04. The van der Waals surface area contributed by atoms with Gasteiger partial charge in [0.2, 0.25) is 0 Å². The molecule has 1 aliphatic rings.